The lowest BCUT2D eigenvalue weighted by atomic mass is 10.1. The topological polar surface area (TPSA) is 66.3 Å². The summed E-state index contributed by atoms with van der Waals surface area (Å²) in [5.74, 6) is 0.436. The molecule has 1 aliphatic carbocycles. The van der Waals surface area contributed by atoms with Crippen LogP contribution in [0.2, 0.25) is 0 Å². The van der Waals surface area contributed by atoms with Crippen molar-refractivity contribution < 1.29 is 9.90 Å². The molecule has 0 radical (unpaired) electrons. The molecule has 0 saturated heterocycles. The number of carboxylic acid groups (broad SMARTS) is 1. The largest absolute Gasteiger partial charge is 0.476 e. The molecule has 1 heterocycles. The maximum absolute atomic E-state index is 10.6. The Labute approximate surface area is 100 Å². The number of nitrogens with zero attached hydrogens (tertiary/aromatic N) is 3. The highest BCUT2D eigenvalue weighted by molar-refractivity contribution is 5.84. The normalized spacial score (nSPS) is 16.1. The van der Waals surface area contributed by atoms with Gasteiger partial charge in [-0.2, -0.15) is 0 Å². The molecular weight excluding hydrogens is 218 g/mol. The molecule has 1 saturated carbocycles. The summed E-state index contributed by atoms with van der Waals surface area (Å²) in [6.45, 7) is 0.973. The van der Waals surface area contributed by atoms with Crippen LogP contribution < -0.4 is 4.90 Å². The van der Waals surface area contributed by atoms with Crippen LogP contribution in [0, 0.1) is 5.92 Å². The summed E-state index contributed by atoms with van der Waals surface area (Å²) in [6, 6.07) is 0. The van der Waals surface area contributed by atoms with Crippen molar-refractivity contribution in [3.8, 4) is 0 Å². The summed E-state index contributed by atoms with van der Waals surface area (Å²) < 4.78 is 0. The molecule has 1 N–H and O–H groups in total. The fourth-order valence-electron chi connectivity index (χ4n) is 2.30. The van der Waals surface area contributed by atoms with Crippen LogP contribution in [0.1, 0.15) is 36.2 Å². The van der Waals surface area contributed by atoms with Crippen LogP contribution in [0.3, 0.4) is 0 Å². The fourth-order valence-corrected chi connectivity index (χ4v) is 2.30. The van der Waals surface area contributed by atoms with Gasteiger partial charge in [-0.05, 0) is 18.8 Å². The summed E-state index contributed by atoms with van der Waals surface area (Å²) in [5, 5.41) is 8.73. The zero-order valence-electron chi connectivity index (χ0n) is 9.96. The average Bonchev–Trinajstić information content (AvgIpc) is 2.82. The third kappa shape index (κ3) is 2.93. The first-order chi connectivity index (χ1) is 8.16. The van der Waals surface area contributed by atoms with E-state index in [9.17, 15) is 4.79 Å². The number of carbonyl (C=O) groups is 1. The molecular formula is C12H17N3O2. The highest BCUT2D eigenvalue weighted by atomic mass is 16.4. The minimum atomic E-state index is -1.04. The highest BCUT2D eigenvalue weighted by Crippen LogP contribution is 2.26. The maximum atomic E-state index is 10.6. The van der Waals surface area contributed by atoms with Crippen molar-refractivity contribution >= 4 is 11.8 Å². The van der Waals surface area contributed by atoms with Crippen molar-refractivity contribution in [3.63, 3.8) is 0 Å². The smallest absolute Gasteiger partial charge is 0.356 e. The number of anilines is 1. The molecule has 5 nitrogen and oxygen atoms in total. The van der Waals surface area contributed by atoms with Crippen molar-refractivity contribution in [2.75, 3.05) is 18.5 Å². The Kier molecular flexibility index (Phi) is 3.56. The van der Waals surface area contributed by atoms with Crippen LogP contribution in [0.5, 0.6) is 0 Å². The number of hydrogen-bond acceptors (Lipinski definition) is 4. The second kappa shape index (κ2) is 5.12. The molecule has 2 rings (SSSR count). The Morgan fingerprint density at radius 3 is 2.65 bits per heavy atom. The minimum absolute atomic E-state index is 0.0111. The predicted molar refractivity (Wildman–Crippen MR) is 64.2 cm³/mol. The van der Waals surface area contributed by atoms with Gasteiger partial charge in [-0.3, -0.25) is 0 Å². The van der Waals surface area contributed by atoms with E-state index in [-0.39, 0.29) is 5.69 Å². The zero-order valence-corrected chi connectivity index (χ0v) is 9.96. The minimum Gasteiger partial charge on any atom is -0.476 e. The van der Waals surface area contributed by atoms with E-state index in [0.29, 0.717) is 0 Å². The number of aromatic nitrogens is 2. The van der Waals surface area contributed by atoms with Crippen LogP contribution >= 0.6 is 0 Å². The van der Waals surface area contributed by atoms with Gasteiger partial charge in [0.1, 0.15) is 5.82 Å². The fraction of sp³-hybridized carbons (Fsp3) is 0.583. The van der Waals surface area contributed by atoms with Gasteiger partial charge >= 0.3 is 5.97 Å². The predicted octanol–water partition coefficient (Wildman–Crippen LogP) is 1.80. The van der Waals surface area contributed by atoms with Crippen molar-refractivity contribution in [2.45, 2.75) is 25.7 Å². The van der Waals surface area contributed by atoms with Gasteiger partial charge in [0.15, 0.2) is 5.69 Å². The van der Waals surface area contributed by atoms with Crippen molar-refractivity contribution in [2.24, 2.45) is 5.92 Å². The summed E-state index contributed by atoms with van der Waals surface area (Å²) in [7, 11) is 1.97. The van der Waals surface area contributed by atoms with Crippen LogP contribution in [-0.2, 0) is 0 Å². The van der Waals surface area contributed by atoms with E-state index in [1.54, 1.807) is 0 Å². The monoisotopic (exact) mass is 235 g/mol. The van der Waals surface area contributed by atoms with Gasteiger partial charge in [0.2, 0.25) is 0 Å². The number of carboxylic acids is 1. The zero-order chi connectivity index (χ0) is 12.3. The molecule has 0 bridgehead atoms. The molecule has 92 valence electrons. The van der Waals surface area contributed by atoms with Crippen LogP contribution in [0.15, 0.2) is 12.4 Å². The van der Waals surface area contributed by atoms with Crippen molar-refractivity contribution in [3.05, 3.63) is 18.1 Å². The molecule has 1 aromatic rings. The van der Waals surface area contributed by atoms with Gasteiger partial charge in [-0.1, -0.05) is 12.8 Å². The van der Waals surface area contributed by atoms with E-state index in [1.165, 1.54) is 38.1 Å². The molecule has 1 aromatic heterocycles. The molecule has 17 heavy (non-hydrogen) atoms. The molecule has 1 aliphatic rings. The molecule has 0 aliphatic heterocycles. The highest BCUT2D eigenvalue weighted by Gasteiger charge is 2.17. The maximum Gasteiger partial charge on any atom is 0.356 e. The van der Waals surface area contributed by atoms with Gasteiger partial charge in [0.05, 0.1) is 12.4 Å². The Bertz CT molecular complexity index is 385. The quantitative estimate of drug-likeness (QED) is 0.862. The van der Waals surface area contributed by atoms with E-state index >= 15 is 0 Å². The lowest BCUT2D eigenvalue weighted by Crippen LogP contribution is -2.25. The molecule has 0 aromatic carbocycles. The molecule has 0 spiro atoms. The summed E-state index contributed by atoms with van der Waals surface area (Å²) >= 11 is 0. The lowest BCUT2D eigenvalue weighted by Gasteiger charge is -2.21. The molecule has 0 amide bonds. The summed E-state index contributed by atoms with van der Waals surface area (Å²) in [5.41, 5.74) is -0.0111. The number of hydrogen-bond donors (Lipinski definition) is 1. The number of aromatic carboxylic acids is 1. The molecule has 0 unspecified atom stereocenters. The van der Waals surface area contributed by atoms with Gasteiger partial charge in [0.25, 0.3) is 0 Å². The molecule has 1 fully saturated rings. The Balaban J connectivity index is 1.98. The average molecular weight is 235 g/mol. The lowest BCUT2D eigenvalue weighted by molar-refractivity contribution is 0.0690. The third-order valence-corrected chi connectivity index (χ3v) is 3.26. The van der Waals surface area contributed by atoms with E-state index in [0.717, 1.165) is 18.3 Å². The first kappa shape index (κ1) is 11.8. The first-order valence-corrected chi connectivity index (χ1v) is 5.93. The summed E-state index contributed by atoms with van der Waals surface area (Å²) in [4.78, 5) is 20.7. The standard InChI is InChI=1S/C12H17N3O2/c1-15(8-9-4-2-3-5-9)11-7-13-10(6-14-11)12(16)17/h6-7,9H,2-5,8H2,1H3,(H,16,17). The van der Waals surface area contributed by atoms with E-state index in [4.69, 9.17) is 5.11 Å². The molecule has 5 heteroatoms. The Morgan fingerprint density at radius 2 is 2.12 bits per heavy atom. The van der Waals surface area contributed by atoms with E-state index in [2.05, 4.69) is 14.9 Å². The van der Waals surface area contributed by atoms with Crippen molar-refractivity contribution in [1.29, 1.82) is 0 Å². The second-order valence-corrected chi connectivity index (χ2v) is 4.60. The SMILES string of the molecule is CN(CC1CCCC1)c1cnc(C(=O)O)cn1. The van der Waals surface area contributed by atoms with Crippen LogP contribution in [0.4, 0.5) is 5.82 Å². The third-order valence-electron chi connectivity index (χ3n) is 3.26. The van der Waals surface area contributed by atoms with Gasteiger partial charge in [-0.25, -0.2) is 14.8 Å². The van der Waals surface area contributed by atoms with E-state index < -0.39 is 5.97 Å². The van der Waals surface area contributed by atoms with Gasteiger partial charge < -0.3 is 10.0 Å². The Hall–Kier alpha value is -1.65. The first-order valence-electron chi connectivity index (χ1n) is 5.93. The Morgan fingerprint density at radius 1 is 1.41 bits per heavy atom. The van der Waals surface area contributed by atoms with Crippen LogP contribution in [-0.4, -0.2) is 34.6 Å². The van der Waals surface area contributed by atoms with Crippen LogP contribution in [0.25, 0.3) is 0 Å². The van der Waals surface area contributed by atoms with Gasteiger partial charge in [-0.15, -0.1) is 0 Å². The van der Waals surface area contributed by atoms with E-state index in [1.807, 2.05) is 7.05 Å². The second-order valence-electron chi connectivity index (χ2n) is 4.60. The van der Waals surface area contributed by atoms with Gasteiger partial charge in [0, 0.05) is 13.6 Å². The molecule has 0 atom stereocenters. The van der Waals surface area contributed by atoms with Crippen molar-refractivity contribution in [1.82, 2.24) is 9.97 Å². The number of rotatable bonds is 4. The summed E-state index contributed by atoms with van der Waals surface area (Å²) in [6.07, 6.45) is 8.04.